The Morgan fingerprint density at radius 2 is 1.96 bits per heavy atom. The summed E-state index contributed by atoms with van der Waals surface area (Å²) < 4.78 is 23.7. The molecule has 6 N–H and O–H groups in total. The molecular formula is C13H20N6O6S3. The first-order chi connectivity index (χ1) is 13.1. The summed E-state index contributed by atoms with van der Waals surface area (Å²) in [6, 6.07) is 0. The van der Waals surface area contributed by atoms with Crippen molar-refractivity contribution in [3.63, 3.8) is 0 Å². The van der Waals surface area contributed by atoms with Crippen molar-refractivity contribution in [2.24, 2.45) is 15.8 Å². The van der Waals surface area contributed by atoms with E-state index < -0.39 is 22.0 Å². The molecule has 0 aliphatic heterocycles. The highest BCUT2D eigenvalue weighted by atomic mass is 32.2. The third kappa shape index (κ3) is 17.0. The predicted molar refractivity (Wildman–Crippen MR) is 110 cm³/mol. The average Bonchev–Trinajstić information content (AvgIpc) is 3.04. The Morgan fingerprint density at radius 1 is 1.32 bits per heavy atom. The van der Waals surface area contributed by atoms with Crippen LogP contribution in [0.1, 0.15) is 5.69 Å². The molecule has 0 aliphatic rings. The normalized spacial score (nSPS) is 11.5. The fourth-order valence-electron chi connectivity index (χ4n) is 1.15. The van der Waals surface area contributed by atoms with E-state index in [1.807, 2.05) is 5.38 Å². The third-order valence-electron chi connectivity index (χ3n) is 2.13. The van der Waals surface area contributed by atoms with Crippen molar-refractivity contribution >= 4 is 62.9 Å². The van der Waals surface area contributed by atoms with E-state index in [9.17, 15) is 18.0 Å². The molecule has 0 aromatic carbocycles. The number of aromatic nitrogens is 1. The molecule has 28 heavy (non-hydrogen) atoms. The topological polar surface area (TPSA) is 196 Å². The molecular weight excluding hydrogens is 432 g/mol. The fourth-order valence-corrected chi connectivity index (χ4v) is 2.92. The summed E-state index contributed by atoms with van der Waals surface area (Å²) in [4.78, 5) is 31.3. The number of sulfonamides is 1. The van der Waals surface area contributed by atoms with Crippen molar-refractivity contribution in [2.45, 2.75) is 5.75 Å². The Morgan fingerprint density at radius 3 is 2.50 bits per heavy atom. The second-order valence-electron chi connectivity index (χ2n) is 4.53. The minimum atomic E-state index is -3.21. The number of nitrogens with one attached hydrogen (secondary N) is 2. The Labute approximate surface area is 169 Å². The van der Waals surface area contributed by atoms with Gasteiger partial charge in [-0.3, -0.25) is 9.71 Å². The maximum Gasteiger partial charge on any atom is 0.328 e. The Kier molecular flexibility index (Phi) is 13.3. The molecule has 0 radical (unpaired) electrons. The van der Waals surface area contributed by atoms with Gasteiger partial charge in [0.15, 0.2) is 0 Å². The van der Waals surface area contributed by atoms with Crippen LogP contribution < -0.4 is 16.0 Å². The van der Waals surface area contributed by atoms with Crippen LogP contribution in [0.4, 0.5) is 5.13 Å². The molecule has 0 saturated heterocycles. The van der Waals surface area contributed by atoms with Crippen LogP contribution in [0, 0.1) is 0 Å². The first-order valence-electron chi connectivity index (χ1n) is 7.24. The highest BCUT2D eigenvalue weighted by Crippen LogP contribution is 2.21. The van der Waals surface area contributed by atoms with E-state index in [4.69, 9.17) is 16.1 Å². The van der Waals surface area contributed by atoms with E-state index in [-0.39, 0.29) is 0 Å². The molecule has 0 amide bonds. The zero-order valence-corrected chi connectivity index (χ0v) is 17.1. The number of aliphatic carboxylic acids is 2. The number of aliphatic imine (C=N–C) groups is 2. The summed E-state index contributed by atoms with van der Waals surface area (Å²) in [5.41, 5.74) is 3.26. The number of hydrogen-bond donors (Lipinski definition) is 5. The van der Waals surface area contributed by atoms with Gasteiger partial charge >= 0.3 is 11.9 Å². The number of carboxylic acids is 2. The van der Waals surface area contributed by atoms with E-state index in [1.165, 1.54) is 24.0 Å². The molecule has 1 heterocycles. The maximum atomic E-state index is 10.7. The lowest BCUT2D eigenvalue weighted by Gasteiger charge is -1.96. The summed E-state index contributed by atoms with van der Waals surface area (Å²) in [5.74, 6) is 4.09. The van der Waals surface area contributed by atoms with Gasteiger partial charge < -0.3 is 15.6 Å². The van der Waals surface area contributed by atoms with Crippen LogP contribution in [0.15, 0.2) is 27.5 Å². The number of hydrazine groups is 1. The summed E-state index contributed by atoms with van der Waals surface area (Å²) >= 11 is 3.10. The van der Waals surface area contributed by atoms with Crippen LogP contribution in [0.2, 0.25) is 0 Å². The van der Waals surface area contributed by atoms with Gasteiger partial charge in [0.2, 0.25) is 15.2 Å². The van der Waals surface area contributed by atoms with Crippen molar-refractivity contribution in [2.75, 3.05) is 18.6 Å². The summed E-state index contributed by atoms with van der Waals surface area (Å²) in [6.45, 7) is 0.541. The smallest absolute Gasteiger partial charge is 0.328 e. The lowest BCUT2D eigenvalue weighted by atomic mass is 10.5. The van der Waals surface area contributed by atoms with Crippen LogP contribution in [-0.4, -0.2) is 66.8 Å². The number of hydrogen-bond acceptors (Lipinski definition) is 10. The molecule has 1 aromatic heterocycles. The van der Waals surface area contributed by atoms with E-state index >= 15 is 0 Å². The number of rotatable bonds is 11. The maximum absolute atomic E-state index is 10.7. The van der Waals surface area contributed by atoms with Gasteiger partial charge in [0.25, 0.3) is 0 Å². The van der Waals surface area contributed by atoms with Gasteiger partial charge in [0, 0.05) is 35.6 Å². The van der Waals surface area contributed by atoms with Crippen molar-refractivity contribution in [1.29, 1.82) is 0 Å². The van der Waals surface area contributed by atoms with Gasteiger partial charge in [-0.1, -0.05) is 0 Å². The molecule has 156 valence electrons. The molecule has 0 unspecified atom stereocenters. The molecule has 0 aliphatic carbocycles. The molecule has 0 saturated carbocycles. The number of thioether (sulfide) groups is 1. The van der Waals surface area contributed by atoms with Crippen LogP contribution in [0.3, 0.4) is 0 Å². The monoisotopic (exact) mass is 452 g/mol. The van der Waals surface area contributed by atoms with Crippen molar-refractivity contribution in [1.82, 2.24) is 15.1 Å². The number of nitrogens with two attached hydrogens (primary N) is 1. The average molecular weight is 453 g/mol. The number of carbonyl (C=O) groups is 2. The zero-order chi connectivity index (χ0) is 21.4. The van der Waals surface area contributed by atoms with Gasteiger partial charge in [-0.25, -0.2) is 33.8 Å². The van der Waals surface area contributed by atoms with Crippen LogP contribution in [0.5, 0.6) is 0 Å². The van der Waals surface area contributed by atoms with Gasteiger partial charge in [-0.15, -0.1) is 11.3 Å². The largest absolute Gasteiger partial charge is 0.478 e. The van der Waals surface area contributed by atoms with Gasteiger partial charge in [0.1, 0.15) is 6.34 Å². The number of thiazole rings is 1. The Bertz CT molecular complexity index is 789. The van der Waals surface area contributed by atoms with Crippen LogP contribution in [-0.2, 0) is 25.4 Å². The van der Waals surface area contributed by atoms with E-state index in [1.54, 1.807) is 11.8 Å². The zero-order valence-electron chi connectivity index (χ0n) is 14.7. The molecule has 0 atom stereocenters. The summed E-state index contributed by atoms with van der Waals surface area (Å²) in [6.07, 6.45) is 4.77. The SMILES string of the molecule is CS(=O)(=O)NC=NCCSCc1csc(N=CNN)n1.O=C(O)C=CC(=O)O. The van der Waals surface area contributed by atoms with Gasteiger partial charge in [-0.05, 0) is 0 Å². The number of carboxylic acid groups (broad SMARTS) is 2. The van der Waals surface area contributed by atoms with E-state index in [2.05, 4.69) is 25.1 Å². The van der Waals surface area contributed by atoms with Crippen molar-refractivity contribution in [3.8, 4) is 0 Å². The van der Waals surface area contributed by atoms with Gasteiger partial charge in [-0.2, -0.15) is 11.8 Å². The highest BCUT2D eigenvalue weighted by Gasteiger charge is 2.00. The predicted octanol–water partition coefficient (Wildman–Crippen LogP) is -0.211. The van der Waals surface area contributed by atoms with Crippen LogP contribution >= 0.6 is 23.1 Å². The minimum absolute atomic E-state index is 0.541. The summed E-state index contributed by atoms with van der Waals surface area (Å²) in [7, 11) is -3.21. The van der Waals surface area contributed by atoms with E-state index in [0.717, 1.165) is 23.5 Å². The van der Waals surface area contributed by atoms with E-state index in [0.29, 0.717) is 23.8 Å². The Hall–Kier alpha value is -2.49. The molecule has 1 rings (SSSR count). The Balaban J connectivity index is 0.000000769. The number of nitrogens with zero attached hydrogens (tertiary/aromatic N) is 3. The lowest BCUT2D eigenvalue weighted by molar-refractivity contribution is -0.134. The minimum Gasteiger partial charge on any atom is -0.478 e. The first-order valence-corrected chi connectivity index (χ1v) is 11.2. The molecule has 1 aromatic rings. The van der Waals surface area contributed by atoms with Crippen molar-refractivity contribution in [3.05, 3.63) is 23.2 Å². The van der Waals surface area contributed by atoms with Crippen LogP contribution in [0.25, 0.3) is 0 Å². The lowest BCUT2D eigenvalue weighted by Crippen LogP contribution is -2.19. The molecule has 0 spiro atoms. The second kappa shape index (κ2) is 14.6. The molecule has 12 nitrogen and oxygen atoms in total. The second-order valence-corrected chi connectivity index (χ2v) is 8.26. The quantitative estimate of drug-likeness (QED) is 0.0747. The molecule has 0 bridgehead atoms. The fraction of sp³-hybridized carbons (Fsp3) is 0.308. The highest BCUT2D eigenvalue weighted by molar-refractivity contribution is 7.98. The standard InChI is InChI=1S/C9H16N6O2S3.C4H4O4/c1-20(16,17)14-6-11-2-3-18-4-8-5-19-9(15-8)12-7-13-10;5-3(6)1-2-4(7)8/h5-7H,2-4,10H2,1H3,(H,11,14)(H,12,13,15);1-2H,(H,5,6)(H,7,8). The third-order valence-corrected chi connectivity index (χ3v) is 4.43. The van der Waals surface area contributed by atoms with Crippen molar-refractivity contribution < 1.29 is 28.2 Å². The summed E-state index contributed by atoms with van der Waals surface area (Å²) in [5, 5.41) is 18.2. The first kappa shape index (κ1) is 25.5. The van der Waals surface area contributed by atoms with Gasteiger partial charge in [0.05, 0.1) is 18.3 Å². The molecule has 0 fully saturated rings. The molecule has 15 heteroatoms.